The molecule has 0 bridgehead atoms. The van der Waals surface area contributed by atoms with Crippen molar-refractivity contribution in [1.29, 1.82) is 0 Å². The van der Waals surface area contributed by atoms with E-state index in [-0.39, 0.29) is 23.8 Å². The third-order valence-electron chi connectivity index (χ3n) is 5.52. The smallest absolute Gasteiger partial charge is 0.221 e. The minimum atomic E-state index is -0.0381. The molecule has 4 rings (SSSR count). The van der Waals surface area contributed by atoms with E-state index < -0.39 is 0 Å². The number of nitrogens with zero attached hydrogens (tertiary/aromatic N) is 1. The average molecular weight is 421 g/mol. The van der Waals surface area contributed by atoms with E-state index >= 15 is 0 Å². The molecule has 2 heterocycles. The van der Waals surface area contributed by atoms with E-state index in [0.717, 1.165) is 11.7 Å². The molecule has 4 nitrogen and oxygen atoms in total. The standard InChI is InChI=1S/C22H26N2OS.ClH.H2O/c1-16(25)23-18-7-12-21(13-8-18)26-20-10-5-17(6-11-20)22-14-9-19-4-2-3-15-24(19)22;;/h5-8,10-13,19,22H,2-4,9,14-15H2,1H3,(H,23,25);1H;1H2/t19-,22-;;/m0../s1. The van der Waals surface area contributed by atoms with E-state index in [1.807, 2.05) is 12.1 Å². The van der Waals surface area contributed by atoms with Gasteiger partial charge in [0.25, 0.3) is 0 Å². The number of hydrogen-bond acceptors (Lipinski definition) is 3. The first-order chi connectivity index (χ1) is 12.7. The highest BCUT2D eigenvalue weighted by Gasteiger charge is 2.35. The molecule has 0 aliphatic carbocycles. The van der Waals surface area contributed by atoms with Crippen LogP contribution >= 0.6 is 24.2 Å². The third kappa shape index (κ3) is 5.29. The summed E-state index contributed by atoms with van der Waals surface area (Å²) >= 11 is 1.76. The molecule has 2 aliphatic rings. The lowest BCUT2D eigenvalue weighted by atomic mass is 10.0. The lowest BCUT2D eigenvalue weighted by Gasteiger charge is -2.34. The van der Waals surface area contributed by atoms with Crippen LogP contribution in [0.5, 0.6) is 0 Å². The van der Waals surface area contributed by atoms with Crippen molar-refractivity contribution in [3.05, 3.63) is 54.1 Å². The summed E-state index contributed by atoms with van der Waals surface area (Å²) in [6.07, 6.45) is 6.82. The van der Waals surface area contributed by atoms with Crippen molar-refractivity contribution in [2.45, 2.75) is 60.9 Å². The van der Waals surface area contributed by atoms with Crippen LogP contribution in [0.2, 0.25) is 0 Å². The van der Waals surface area contributed by atoms with Crippen LogP contribution < -0.4 is 5.32 Å². The van der Waals surface area contributed by atoms with Gasteiger partial charge in [0.15, 0.2) is 0 Å². The summed E-state index contributed by atoms with van der Waals surface area (Å²) in [6.45, 7) is 2.80. The van der Waals surface area contributed by atoms with E-state index in [0.29, 0.717) is 6.04 Å². The fraction of sp³-hybridized carbons (Fsp3) is 0.409. The van der Waals surface area contributed by atoms with Gasteiger partial charge in [0.05, 0.1) is 0 Å². The minimum absolute atomic E-state index is 0. The highest BCUT2D eigenvalue weighted by molar-refractivity contribution is 7.99. The molecular weight excluding hydrogens is 392 g/mol. The number of piperidine rings is 1. The molecule has 1 amide bonds. The Hall–Kier alpha value is -1.53. The second kappa shape index (κ2) is 10.3. The topological polar surface area (TPSA) is 63.8 Å². The molecule has 2 aliphatic heterocycles. The molecule has 0 aromatic heterocycles. The quantitative estimate of drug-likeness (QED) is 0.749. The Morgan fingerprint density at radius 1 is 0.964 bits per heavy atom. The van der Waals surface area contributed by atoms with E-state index in [2.05, 4.69) is 46.6 Å². The molecule has 2 aromatic rings. The van der Waals surface area contributed by atoms with E-state index in [1.54, 1.807) is 11.8 Å². The number of anilines is 1. The molecule has 2 saturated heterocycles. The lowest BCUT2D eigenvalue weighted by molar-refractivity contribution is -0.114. The summed E-state index contributed by atoms with van der Waals surface area (Å²) in [7, 11) is 0. The van der Waals surface area contributed by atoms with Crippen LogP contribution in [0.3, 0.4) is 0 Å². The van der Waals surface area contributed by atoms with Crippen molar-refractivity contribution in [2.24, 2.45) is 0 Å². The zero-order chi connectivity index (χ0) is 17.9. The second-order valence-corrected chi connectivity index (χ2v) is 8.50. The number of rotatable bonds is 4. The molecule has 6 heteroatoms. The Morgan fingerprint density at radius 2 is 1.61 bits per heavy atom. The van der Waals surface area contributed by atoms with Gasteiger partial charge in [0.2, 0.25) is 5.91 Å². The predicted octanol–water partition coefficient (Wildman–Crippen LogP) is 5.08. The van der Waals surface area contributed by atoms with Gasteiger partial charge in [-0.25, -0.2) is 0 Å². The first-order valence-corrected chi connectivity index (χ1v) is 10.4. The van der Waals surface area contributed by atoms with Gasteiger partial charge in [0.1, 0.15) is 0 Å². The van der Waals surface area contributed by atoms with Gasteiger partial charge in [-0.3, -0.25) is 9.69 Å². The molecule has 2 fully saturated rings. The van der Waals surface area contributed by atoms with Crippen LogP contribution in [0.4, 0.5) is 5.69 Å². The Balaban J connectivity index is 0.00000140. The first kappa shape index (κ1) is 22.8. The van der Waals surface area contributed by atoms with Crippen LogP contribution in [0.25, 0.3) is 0 Å². The van der Waals surface area contributed by atoms with Crippen molar-refractivity contribution in [3.63, 3.8) is 0 Å². The Kier molecular flexibility index (Phi) is 8.38. The van der Waals surface area contributed by atoms with Crippen molar-refractivity contribution in [3.8, 4) is 0 Å². The maximum Gasteiger partial charge on any atom is 0.221 e. The van der Waals surface area contributed by atoms with Gasteiger partial charge in [0, 0.05) is 34.5 Å². The minimum Gasteiger partial charge on any atom is -0.412 e. The van der Waals surface area contributed by atoms with Gasteiger partial charge in [-0.2, -0.15) is 0 Å². The first-order valence-electron chi connectivity index (χ1n) is 9.60. The van der Waals surface area contributed by atoms with Gasteiger partial charge in [-0.15, -0.1) is 12.4 Å². The van der Waals surface area contributed by atoms with Crippen LogP contribution in [-0.4, -0.2) is 28.9 Å². The second-order valence-electron chi connectivity index (χ2n) is 7.36. The van der Waals surface area contributed by atoms with Crippen LogP contribution in [-0.2, 0) is 4.79 Å². The van der Waals surface area contributed by atoms with Crippen molar-refractivity contribution in [1.82, 2.24) is 4.90 Å². The van der Waals surface area contributed by atoms with Gasteiger partial charge >= 0.3 is 0 Å². The van der Waals surface area contributed by atoms with E-state index in [9.17, 15) is 4.79 Å². The summed E-state index contributed by atoms with van der Waals surface area (Å²) in [4.78, 5) is 16.3. The molecule has 2 aromatic carbocycles. The number of carbonyl (C=O) groups excluding carboxylic acids is 1. The Labute approximate surface area is 177 Å². The highest BCUT2D eigenvalue weighted by atomic mass is 35.5. The number of nitrogens with one attached hydrogen (secondary N) is 1. The van der Waals surface area contributed by atoms with Gasteiger partial charge in [-0.1, -0.05) is 30.3 Å². The molecule has 0 saturated carbocycles. The average Bonchev–Trinajstić information content (AvgIpc) is 3.08. The molecule has 0 radical (unpaired) electrons. The number of benzene rings is 2. The van der Waals surface area contributed by atoms with Crippen LogP contribution in [0.15, 0.2) is 58.3 Å². The number of hydrogen-bond donors (Lipinski definition) is 1. The number of halogens is 1. The Morgan fingerprint density at radius 3 is 2.25 bits per heavy atom. The molecule has 3 N–H and O–H groups in total. The largest absolute Gasteiger partial charge is 0.412 e. The van der Waals surface area contributed by atoms with Crippen molar-refractivity contribution < 1.29 is 10.3 Å². The van der Waals surface area contributed by atoms with Crippen molar-refractivity contribution >= 4 is 35.8 Å². The summed E-state index contributed by atoms with van der Waals surface area (Å²) in [5, 5.41) is 2.80. The molecule has 0 spiro atoms. The van der Waals surface area contributed by atoms with Crippen molar-refractivity contribution in [2.75, 3.05) is 11.9 Å². The van der Waals surface area contributed by atoms with Crippen LogP contribution in [0.1, 0.15) is 50.6 Å². The monoisotopic (exact) mass is 420 g/mol. The molecule has 152 valence electrons. The lowest BCUT2D eigenvalue weighted by Crippen LogP contribution is -2.35. The number of amides is 1. The fourth-order valence-electron chi connectivity index (χ4n) is 4.32. The molecular formula is C22H29ClN2O2S. The van der Waals surface area contributed by atoms with E-state index in [1.165, 1.54) is 60.9 Å². The summed E-state index contributed by atoms with van der Waals surface area (Å²) < 4.78 is 0. The zero-order valence-corrected chi connectivity index (χ0v) is 17.8. The fourth-order valence-corrected chi connectivity index (χ4v) is 5.14. The van der Waals surface area contributed by atoms with Gasteiger partial charge in [-0.05, 0) is 74.2 Å². The normalized spacial score (nSPS) is 21.2. The molecule has 0 unspecified atom stereocenters. The summed E-state index contributed by atoms with van der Waals surface area (Å²) in [5.41, 5.74) is 2.31. The molecule has 2 atom stereocenters. The Bertz CT molecular complexity index is 767. The number of fused-ring (bicyclic) bond motifs is 1. The predicted molar refractivity (Wildman–Crippen MR) is 118 cm³/mol. The van der Waals surface area contributed by atoms with Gasteiger partial charge < -0.3 is 10.8 Å². The zero-order valence-electron chi connectivity index (χ0n) is 16.2. The van der Waals surface area contributed by atoms with Crippen LogP contribution in [0, 0.1) is 0 Å². The van der Waals surface area contributed by atoms with E-state index in [4.69, 9.17) is 0 Å². The summed E-state index contributed by atoms with van der Waals surface area (Å²) in [5.74, 6) is -0.0381. The third-order valence-corrected chi connectivity index (χ3v) is 6.54. The highest BCUT2D eigenvalue weighted by Crippen LogP contribution is 2.41. The SMILES string of the molecule is CC(=O)Nc1ccc(Sc2ccc([C@@H]3CC[C@@H]4CCCCN43)cc2)cc1.Cl.O. The maximum absolute atomic E-state index is 11.1. The molecule has 28 heavy (non-hydrogen) atoms. The maximum atomic E-state index is 11.1. The summed E-state index contributed by atoms with van der Waals surface area (Å²) in [6, 6.07) is 18.6. The number of carbonyl (C=O) groups is 1.